The quantitative estimate of drug-likeness (QED) is 0.477. The van der Waals surface area contributed by atoms with Gasteiger partial charge in [0.1, 0.15) is 23.3 Å². The van der Waals surface area contributed by atoms with Crippen LogP contribution >= 0.6 is 0 Å². The molecule has 0 fully saturated rings. The van der Waals surface area contributed by atoms with Crippen LogP contribution in [0.5, 0.6) is 17.2 Å². The van der Waals surface area contributed by atoms with Crippen LogP contribution in [0.15, 0.2) is 47.6 Å². The average Bonchev–Trinajstić information content (AvgIpc) is 2.73. The predicted molar refractivity (Wildman–Crippen MR) is 115 cm³/mol. The number of anilines is 1. The van der Waals surface area contributed by atoms with Gasteiger partial charge in [0.2, 0.25) is 10.0 Å². The molecule has 0 radical (unpaired) electrons. The Hall–Kier alpha value is -3.27. The molecule has 0 unspecified atom stereocenters. The number of methoxy groups -OCH3 is 3. The summed E-state index contributed by atoms with van der Waals surface area (Å²) in [5.74, 6) is 1.10. The second kappa shape index (κ2) is 9.97. The first kappa shape index (κ1) is 23.0. The van der Waals surface area contributed by atoms with Gasteiger partial charge in [-0.25, -0.2) is 13.8 Å². The molecular formula is C20H25N3O6S. The van der Waals surface area contributed by atoms with Crippen molar-refractivity contribution in [1.29, 1.82) is 0 Å². The Kier molecular flexibility index (Phi) is 7.65. The maximum Gasteiger partial charge on any atom is 0.263 e. The molecule has 0 saturated heterocycles. The van der Waals surface area contributed by atoms with E-state index in [4.69, 9.17) is 14.2 Å². The molecule has 0 aliphatic heterocycles. The number of hydrazone groups is 1. The van der Waals surface area contributed by atoms with E-state index in [1.165, 1.54) is 27.4 Å². The van der Waals surface area contributed by atoms with Crippen LogP contribution in [0, 0.1) is 0 Å². The van der Waals surface area contributed by atoms with E-state index in [0.29, 0.717) is 28.5 Å². The molecule has 0 spiro atoms. The van der Waals surface area contributed by atoms with Crippen molar-refractivity contribution in [2.75, 3.05) is 31.9 Å². The lowest BCUT2D eigenvalue weighted by Crippen LogP contribution is -2.46. The second-order valence-electron chi connectivity index (χ2n) is 6.27. The highest BCUT2D eigenvalue weighted by Gasteiger charge is 2.29. The summed E-state index contributed by atoms with van der Waals surface area (Å²) in [6.45, 7) is 1.48. The molecule has 0 heterocycles. The molecule has 0 saturated carbocycles. The number of sulfonamides is 1. The fourth-order valence-corrected chi connectivity index (χ4v) is 3.90. The van der Waals surface area contributed by atoms with Crippen LogP contribution in [0.3, 0.4) is 0 Å². The third-order valence-electron chi connectivity index (χ3n) is 4.23. The summed E-state index contributed by atoms with van der Waals surface area (Å²) >= 11 is 0. The van der Waals surface area contributed by atoms with Gasteiger partial charge in [-0.3, -0.25) is 9.10 Å². The largest absolute Gasteiger partial charge is 0.497 e. The number of carbonyl (C=O) groups is 1. The van der Waals surface area contributed by atoms with Crippen molar-refractivity contribution < 1.29 is 27.4 Å². The van der Waals surface area contributed by atoms with E-state index >= 15 is 0 Å². The van der Waals surface area contributed by atoms with Crippen LogP contribution in [0.2, 0.25) is 0 Å². The summed E-state index contributed by atoms with van der Waals surface area (Å²) in [4.78, 5) is 12.6. The standard InChI is InChI=1S/C20H25N3O6S/c1-14(23(30(5,25)26)16-7-10-17(27-2)11-8-16)20(24)22-21-13-15-6-9-18(28-3)12-19(15)29-4/h6-14H,1-5H3,(H,22,24)/b21-13-/t14-/m1/s1. The zero-order valence-corrected chi connectivity index (χ0v) is 18.3. The summed E-state index contributed by atoms with van der Waals surface area (Å²) in [6.07, 6.45) is 2.44. The van der Waals surface area contributed by atoms with Gasteiger partial charge in [-0.1, -0.05) is 0 Å². The van der Waals surface area contributed by atoms with Crippen molar-refractivity contribution in [3.8, 4) is 17.2 Å². The summed E-state index contributed by atoms with van der Waals surface area (Å²) < 4.78 is 41.2. The Morgan fingerprint density at radius 3 is 2.17 bits per heavy atom. The number of nitrogens with zero attached hydrogens (tertiary/aromatic N) is 2. The lowest BCUT2D eigenvalue weighted by atomic mass is 10.2. The first-order valence-electron chi connectivity index (χ1n) is 8.89. The van der Waals surface area contributed by atoms with E-state index in [1.54, 1.807) is 49.6 Å². The molecular weight excluding hydrogens is 410 g/mol. The molecule has 0 bridgehead atoms. The molecule has 2 aromatic rings. The fourth-order valence-electron chi connectivity index (χ4n) is 2.72. The first-order chi connectivity index (χ1) is 14.2. The summed E-state index contributed by atoms with van der Waals surface area (Å²) in [5.41, 5.74) is 3.32. The molecule has 9 nitrogen and oxygen atoms in total. The molecule has 0 aliphatic rings. The second-order valence-corrected chi connectivity index (χ2v) is 8.13. The zero-order valence-electron chi connectivity index (χ0n) is 17.4. The Morgan fingerprint density at radius 2 is 1.63 bits per heavy atom. The molecule has 2 aromatic carbocycles. The highest BCUT2D eigenvalue weighted by molar-refractivity contribution is 7.92. The Morgan fingerprint density at radius 1 is 1.03 bits per heavy atom. The van der Waals surface area contributed by atoms with E-state index in [2.05, 4.69) is 10.5 Å². The molecule has 0 aliphatic carbocycles. The molecule has 10 heteroatoms. The first-order valence-corrected chi connectivity index (χ1v) is 10.7. The van der Waals surface area contributed by atoms with E-state index < -0.39 is 22.0 Å². The molecule has 0 aromatic heterocycles. The third-order valence-corrected chi connectivity index (χ3v) is 5.48. The van der Waals surface area contributed by atoms with Crippen LogP contribution in [-0.2, 0) is 14.8 Å². The minimum atomic E-state index is -3.73. The van der Waals surface area contributed by atoms with E-state index in [9.17, 15) is 13.2 Å². The lowest BCUT2D eigenvalue weighted by Gasteiger charge is -2.27. The number of benzene rings is 2. The topological polar surface area (TPSA) is 107 Å². The molecule has 162 valence electrons. The van der Waals surface area contributed by atoms with Crippen molar-refractivity contribution in [3.05, 3.63) is 48.0 Å². The predicted octanol–water partition coefficient (Wildman–Crippen LogP) is 2.02. The number of hydrogen-bond acceptors (Lipinski definition) is 7. The van der Waals surface area contributed by atoms with Crippen molar-refractivity contribution in [1.82, 2.24) is 5.43 Å². The van der Waals surface area contributed by atoms with Gasteiger partial charge >= 0.3 is 0 Å². The minimum Gasteiger partial charge on any atom is -0.497 e. The van der Waals surface area contributed by atoms with Crippen LogP contribution < -0.4 is 23.9 Å². The Balaban J connectivity index is 2.18. The lowest BCUT2D eigenvalue weighted by molar-refractivity contribution is -0.121. The number of nitrogens with one attached hydrogen (secondary N) is 1. The Bertz CT molecular complexity index is 1010. The molecule has 1 N–H and O–H groups in total. The number of hydrogen-bond donors (Lipinski definition) is 1. The zero-order chi connectivity index (χ0) is 22.3. The number of carbonyl (C=O) groups excluding carboxylic acids is 1. The SMILES string of the molecule is COc1ccc(N([C@H](C)C(=O)N/N=C\c2ccc(OC)cc2OC)S(C)(=O)=O)cc1. The van der Waals surface area contributed by atoms with Gasteiger partial charge in [-0.2, -0.15) is 5.10 Å². The van der Waals surface area contributed by atoms with Crippen LogP contribution in [0.25, 0.3) is 0 Å². The normalized spacial score (nSPS) is 12.3. The van der Waals surface area contributed by atoms with Crippen LogP contribution in [0.1, 0.15) is 12.5 Å². The monoisotopic (exact) mass is 435 g/mol. The van der Waals surface area contributed by atoms with Crippen LogP contribution in [-0.4, -0.2) is 54.2 Å². The smallest absolute Gasteiger partial charge is 0.263 e. The molecule has 2 rings (SSSR count). The summed E-state index contributed by atoms with van der Waals surface area (Å²) in [7, 11) is 0.825. The fraction of sp³-hybridized carbons (Fsp3) is 0.300. The maximum absolute atomic E-state index is 12.6. The van der Waals surface area contributed by atoms with Gasteiger partial charge in [-0.15, -0.1) is 0 Å². The van der Waals surface area contributed by atoms with Gasteiger partial charge in [0, 0.05) is 11.6 Å². The van der Waals surface area contributed by atoms with Crippen molar-refractivity contribution in [2.45, 2.75) is 13.0 Å². The number of rotatable bonds is 9. The van der Waals surface area contributed by atoms with Crippen LogP contribution in [0.4, 0.5) is 5.69 Å². The molecule has 1 amide bonds. The third kappa shape index (κ3) is 5.63. The minimum absolute atomic E-state index is 0.335. The molecule has 1 atom stereocenters. The maximum atomic E-state index is 12.6. The highest BCUT2D eigenvalue weighted by atomic mass is 32.2. The van der Waals surface area contributed by atoms with Gasteiger partial charge in [-0.05, 0) is 43.3 Å². The average molecular weight is 436 g/mol. The summed E-state index contributed by atoms with van der Waals surface area (Å²) in [5, 5.41) is 3.93. The van der Waals surface area contributed by atoms with Gasteiger partial charge < -0.3 is 14.2 Å². The highest BCUT2D eigenvalue weighted by Crippen LogP contribution is 2.24. The Labute approximate surface area is 176 Å². The van der Waals surface area contributed by atoms with Gasteiger partial charge in [0.25, 0.3) is 5.91 Å². The van der Waals surface area contributed by atoms with E-state index in [0.717, 1.165) is 10.6 Å². The summed E-state index contributed by atoms with van der Waals surface area (Å²) in [6, 6.07) is 10.5. The van der Waals surface area contributed by atoms with Crippen molar-refractivity contribution in [3.63, 3.8) is 0 Å². The van der Waals surface area contributed by atoms with E-state index in [1.807, 2.05) is 0 Å². The molecule has 30 heavy (non-hydrogen) atoms. The van der Waals surface area contributed by atoms with Gasteiger partial charge in [0.05, 0.1) is 39.5 Å². The van der Waals surface area contributed by atoms with Gasteiger partial charge in [0.15, 0.2) is 0 Å². The van der Waals surface area contributed by atoms with E-state index in [-0.39, 0.29) is 0 Å². The number of ether oxygens (including phenoxy) is 3. The van der Waals surface area contributed by atoms with Crippen molar-refractivity contribution >= 4 is 27.8 Å². The number of amides is 1. The van der Waals surface area contributed by atoms with Crippen molar-refractivity contribution in [2.24, 2.45) is 5.10 Å².